The fraction of sp³-hybridized carbons (Fsp3) is 0.143. The molecular weight excluding hydrogens is 354 g/mol. The summed E-state index contributed by atoms with van der Waals surface area (Å²) in [5.74, 6) is -0.383. The van der Waals surface area contributed by atoms with Gasteiger partial charge in [-0.2, -0.15) is 0 Å². The Kier molecular flexibility index (Phi) is 4.66. The highest BCUT2D eigenvalue weighted by Crippen LogP contribution is 2.30. The van der Waals surface area contributed by atoms with E-state index >= 15 is 0 Å². The standard InChI is InChI=1S/C21H17N5O2/c1-2-28-21(27)18-11-17-9-14(12-24-25-22)7-8-26(17)20(18)16-10-15-5-3-4-6-19(15)23-13-16/h3-11,13H,2,12H2,1H3. The lowest BCUT2D eigenvalue weighted by atomic mass is 10.1. The molecule has 0 amide bonds. The predicted octanol–water partition coefficient (Wildman–Crippen LogP) is 5.14. The molecule has 0 aliphatic carbocycles. The summed E-state index contributed by atoms with van der Waals surface area (Å²) in [4.78, 5) is 19.9. The molecule has 0 aliphatic heterocycles. The average Bonchev–Trinajstić information content (AvgIpc) is 3.11. The maximum atomic E-state index is 12.6. The third-order valence-corrected chi connectivity index (χ3v) is 4.51. The Morgan fingerprint density at radius 1 is 1.25 bits per heavy atom. The van der Waals surface area contributed by atoms with Crippen molar-refractivity contribution in [2.45, 2.75) is 13.5 Å². The Balaban J connectivity index is 1.93. The number of aromatic nitrogens is 2. The zero-order valence-corrected chi connectivity index (χ0v) is 15.2. The van der Waals surface area contributed by atoms with Gasteiger partial charge in [0.15, 0.2) is 0 Å². The first kappa shape index (κ1) is 17.6. The summed E-state index contributed by atoms with van der Waals surface area (Å²) in [7, 11) is 0. The molecule has 3 aromatic heterocycles. The second-order valence-corrected chi connectivity index (χ2v) is 6.26. The van der Waals surface area contributed by atoms with Crippen LogP contribution in [0.15, 0.2) is 66.0 Å². The van der Waals surface area contributed by atoms with Crippen LogP contribution in [0.3, 0.4) is 0 Å². The van der Waals surface area contributed by atoms with Crippen molar-refractivity contribution in [1.82, 2.24) is 9.38 Å². The normalized spacial score (nSPS) is 10.8. The number of carbonyl (C=O) groups is 1. The average molecular weight is 371 g/mol. The molecule has 0 atom stereocenters. The van der Waals surface area contributed by atoms with Crippen molar-refractivity contribution in [1.29, 1.82) is 0 Å². The highest BCUT2D eigenvalue weighted by Gasteiger charge is 2.20. The first-order chi connectivity index (χ1) is 13.7. The van der Waals surface area contributed by atoms with Gasteiger partial charge < -0.3 is 9.14 Å². The molecule has 1 aromatic carbocycles. The topological polar surface area (TPSA) is 92.4 Å². The van der Waals surface area contributed by atoms with Crippen molar-refractivity contribution < 1.29 is 9.53 Å². The van der Waals surface area contributed by atoms with Crippen LogP contribution in [0.2, 0.25) is 0 Å². The molecular formula is C21H17N5O2. The number of hydrogen-bond acceptors (Lipinski definition) is 4. The maximum Gasteiger partial charge on any atom is 0.340 e. The molecule has 0 aliphatic rings. The van der Waals surface area contributed by atoms with E-state index in [1.165, 1.54) is 0 Å². The molecule has 0 saturated heterocycles. The van der Waals surface area contributed by atoms with E-state index in [1.54, 1.807) is 19.2 Å². The zero-order chi connectivity index (χ0) is 19.5. The summed E-state index contributed by atoms with van der Waals surface area (Å²) in [5.41, 5.74) is 13.1. The fourth-order valence-corrected chi connectivity index (χ4v) is 3.30. The molecule has 28 heavy (non-hydrogen) atoms. The van der Waals surface area contributed by atoms with Gasteiger partial charge in [0.1, 0.15) is 0 Å². The Hall–Kier alpha value is -3.83. The SMILES string of the molecule is CCOC(=O)c1cc2cc(CN=[N+]=[N-])ccn2c1-c1cnc2ccccc2c1. The van der Waals surface area contributed by atoms with Gasteiger partial charge in [0.25, 0.3) is 0 Å². The summed E-state index contributed by atoms with van der Waals surface area (Å²) in [6.07, 6.45) is 3.63. The number of ether oxygens (including phenoxy) is 1. The molecule has 0 fully saturated rings. The lowest BCUT2D eigenvalue weighted by molar-refractivity contribution is 0.0527. The Morgan fingerprint density at radius 2 is 2.11 bits per heavy atom. The van der Waals surface area contributed by atoms with Crippen molar-refractivity contribution in [3.8, 4) is 11.3 Å². The van der Waals surface area contributed by atoms with Crippen LogP contribution in [0.5, 0.6) is 0 Å². The number of pyridine rings is 2. The number of nitrogens with zero attached hydrogens (tertiary/aromatic N) is 5. The molecule has 4 rings (SSSR count). The van der Waals surface area contributed by atoms with Crippen LogP contribution in [0.4, 0.5) is 0 Å². The van der Waals surface area contributed by atoms with Crippen LogP contribution < -0.4 is 0 Å². The van der Waals surface area contributed by atoms with Gasteiger partial charge in [0, 0.05) is 33.8 Å². The molecule has 3 heterocycles. The van der Waals surface area contributed by atoms with E-state index in [-0.39, 0.29) is 12.5 Å². The molecule has 0 unspecified atom stereocenters. The molecule has 0 saturated carbocycles. The van der Waals surface area contributed by atoms with Crippen molar-refractivity contribution in [2.24, 2.45) is 5.11 Å². The van der Waals surface area contributed by atoms with Crippen LogP contribution in [0.25, 0.3) is 38.1 Å². The minimum absolute atomic E-state index is 0.250. The molecule has 4 aromatic rings. The number of fused-ring (bicyclic) bond motifs is 2. The monoisotopic (exact) mass is 371 g/mol. The second-order valence-electron chi connectivity index (χ2n) is 6.26. The van der Waals surface area contributed by atoms with Crippen molar-refractivity contribution in [3.05, 3.63) is 82.5 Å². The van der Waals surface area contributed by atoms with Gasteiger partial charge in [0.2, 0.25) is 0 Å². The van der Waals surface area contributed by atoms with Gasteiger partial charge in [-0.25, -0.2) is 4.79 Å². The van der Waals surface area contributed by atoms with Gasteiger partial charge in [-0.05, 0) is 48.4 Å². The highest BCUT2D eigenvalue weighted by atomic mass is 16.5. The molecule has 138 valence electrons. The molecule has 0 spiro atoms. The predicted molar refractivity (Wildman–Crippen MR) is 107 cm³/mol. The molecule has 7 nitrogen and oxygen atoms in total. The number of rotatable bonds is 5. The van der Waals surface area contributed by atoms with Crippen molar-refractivity contribution in [3.63, 3.8) is 0 Å². The third-order valence-electron chi connectivity index (χ3n) is 4.51. The van der Waals surface area contributed by atoms with E-state index in [9.17, 15) is 4.79 Å². The van der Waals surface area contributed by atoms with Gasteiger partial charge >= 0.3 is 5.97 Å². The number of esters is 1. The smallest absolute Gasteiger partial charge is 0.340 e. The van der Waals surface area contributed by atoms with Gasteiger partial charge in [-0.1, -0.05) is 23.3 Å². The summed E-state index contributed by atoms with van der Waals surface area (Å²) in [6, 6.07) is 15.4. The van der Waals surface area contributed by atoms with Crippen LogP contribution in [0.1, 0.15) is 22.8 Å². The number of benzene rings is 1. The zero-order valence-electron chi connectivity index (χ0n) is 15.2. The second kappa shape index (κ2) is 7.42. The largest absolute Gasteiger partial charge is 0.462 e. The summed E-state index contributed by atoms with van der Waals surface area (Å²) >= 11 is 0. The number of azide groups is 1. The van der Waals surface area contributed by atoms with Crippen LogP contribution in [0, 0.1) is 0 Å². The van der Waals surface area contributed by atoms with Crippen LogP contribution >= 0.6 is 0 Å². The highest BCUT2D eigenvalue weighted by molar-refractivity contribution is 6.00. The van der Waals surface area contributed by atoms with E-state index < -0.39 is 0 Å². The minimum atomic E-state index is -0.383. The van der Waals surface area contributed by atoms with Gasteiger partial charge in [-0.15, -0.1) is 0 Å². The first-order valence-electron chi connectivity index (χ1n) is 8.88. The van der Waals surface area contributed by atoms with E-state index in [2.05, 4.69) is 15.0 Å². The lowest BCUT2D eigenvalue weighted by Crippen LogP contribution is -2.05. The van der Waals surface area contributed by atoms with Crippen molar-refractivity contribution in [2.75, 3.05) is 6.61 Å². The van der Waals surface area contributed by atoms with E-state index in [4.69, 9.17) is 10.3 Å². The third kappa shape index (κ3) is 3.15. The van der Waals surface area contributed by atoms with E-state index in [0.29, 0.717) is 12.2 Å². The number of carbonyl (C=O) groups excluding carboxylic acids is 1. The number of hydrogen-bond donors (Lipinski definition) is 0. The quantitative estimate of drug-likeness (QED) is 0.210. The lowest BCUT2D eigenvalue weighted by Gasteiger charge is -2.08. The molecule has 0 N–H and O–H groups in total. The summed E-state index contributed by atoms with van der Waals surface area (Å²) in [6.45, 7) is 2.32. The molecule has 0 bridgehead atoms. The first-order valence-corrected chi connectivity index (χ1v) is 8.88. The van der Waals surface area contributed by atoms with Gasteiger partial charge in [-0.3, -0.25) is 4.98 Å². The maximum absolute atomic E-state index is 12.6. The Morgan fingerprint density at radius 3 is 2.93 bits per heavy atom. The Bertz CT molecular complexity index is 1240. The number of para-hydroxylation sites is 1. The minimum Gasteiger partial charge on any atom is -0.462 e. The van der Waals surface area contributed by atoms with Crippen LogP contribution in [-0.4, -0.2) is 22.0 Å². The van der Waals surface area contributed by atoms with Crippen LogP contribution in [-0.2, 0) is 11.3 Å². The van der Waals surface area contributed by atoms with E-state index in [1.807, 2.05) is 53.1 Å². The van der Waals surface area contributed by atoms with Crippen molar-refractivity contribution >= 4 is 22.4 Å². The summed E-state index contributed by atoms with van der Waals surface area (Å²) < 4.78 is 7.19. The fourth-order valence-electron chi connectivity index (χ4n) is 3.30. The molecule has 7 heteroatoms. The molecule has 0 radical (unpaired) electrons. The van der Waals surface area contributed by atoms with Gasteiger partial charge in [0.05, 0.1) is 29.9 Å². The van der Waals surface area contributed by atoms with E-state index in [0.717, 1.165) is 33.2 Å². The summed E-state index contributed by atoms with van der Waals surface area (Å²) in [5, 5.41) is 4.60. The Labute approximate surface area is 160 Å².